The lowest BCUT2D eigenvalue weighted by Crippen LogP contribution is -2.29. The first-order chi connectivity index (χ1) is 14.8. The second-order valence-electron chi connectivity index (χ2n) is 7.79. The molecular weight excluding hydrogens is 410 g/mol. The van der Waals surface area contributed by atoms with E-state index in [4.69, 9.17) is 0 Å². The Labute approximate surface area is 185 Å². The highest BCUT2D eigenvalue weighted by Gasteiger charge is 2.48. The highest BCUT2D eigenvalue weighted by molar-refractivity contribution is 7.14. The molecule has 7 heteroatoms. The van der Waals surface area contributed by atoms with Gasteiger partial charge in [0.2, 0.25) is 0 Å². The molecule has 6 nitrogen and oxygen atoms in total. The van der Waals surface area contributed by atoms with Crippen LogP contribution in [0, 0.1) is 13.8 Å². The van der Waals surface area contributed by atoms with E-state index in [1.165, 1.54) is 16.2 Å². The first kappa shape index (κ1) is 20.8. The molecule has 0 aliphatic carbocycles. The third-order valence-electron chi connectivity index (χ3n) is 5.44. The quantitative estimate of drug-likeness (QED) is 0.374. The van der Waals surface area contributed by atoms with Crippen LogP contribution in [0.5, 0.6) is 0 Å². The molecule has 31 heavy (non-hydrogen) atoms. The van der Waals surface area contributed by atoms with Crippen LogP contribution in [0.2, 0.25) is 0 Å². The van der Waals surface area contributed by atoms with Crippen LogP contribution >= 0.6 is 11.3 Å². The summed E-state index contributed by atoms with van der Waals surface area (Å²) in [6.07, 6.45) is 1.59. The standard InChI is InChI=1S/C24H23N3O3S/c1-14-5-6-15(2)18(13-14)21(28)19-20(16-7-9-17(10-8-16)26(3)4)27(23(30)22(19)29)24-25-11-12-31-24/h5-13,20,28H,1-4H3. The predicted octanol–water partition coefficient (Wildman–Crippen LogP) is 4.45. The maximum absolute atomic E-state index is 13.1. The average molecular weight is 434 g/mol. The van der Waals surface area contributed by atoms with Gasteiger partial charge in [-0.05, 0) is 43.2 Å². The molecule has 1 saturated heterocycles. The van der Waals surface area contributed by atoms with E-state index in [2.05, 4.69) is 4.98 Å². The topological polar surface area (TPSA) is 73.7 Å². The monoisotopic (exact) mass is 433 g/mol. The van der Waals surface area contributed by atoms with Crippen molar-refractivity contribution >= 4 is 39.6 Å². The number of hydrogen-bond acceptors (Lipinski definition) is 6. The zero-order valence-electron chi connectivity index (χ0n) is 17.8. The van der Waals surface area contributed by atoms with Crippen molar-refractivity contribution in [1.82, 2.24) is 4.98 Å². The molecule has 4 rings (SSSR count). The number of nitrogens with zero attached hydrogens (tertiary/aromatic N) is 3. The molecule has 0 spiro atoms. The minimum Gasteiger partial charge on any atom is -0.507 e. The van der Waals surface area contributed by atoms with Crippen LogP contribution in [-0.4, -0.2) is 35.9 Å². The lowest BCUT2D eigenvalue weighted by Gasteiger charge is -2.24. The van der Waals surface area contributed by atoms with Gasteiger partial charge in [0.25, 0.3) is 5.78 Å². The molecule has 1 atom stereocenters. The minimum atomic E-state index is -0.762. The summed E-state index contributed by atoms with van der Waals surface area (Å²) in [5.74, 6) is -1.57. The van der Waals surface area contributed by atoms with Gasteiger partial charge in [-0.15, -0.1) is 11.3 Å². The second kappa shape index (κ2) is 8.00. The number of aromatic nitrogens is 1. The van der Waals surface area contributed by atoms with Crippen LogP contribution in [0.4, 0.5) is 10.8 Å². The van der Waals surface area contributed by atoms with Gasteiger partial charge in [-0.3, -0.25) is 14.5 Å². The van der Waals surface area contributed by atoms with Crippen molar-refractivity contribution in [2.75, 3.05) is 23.9 Å². The number of aliphatic hydroxyl groups is 1. The molecule has 158 valence electrons. The van der Waals surface area contributed by atoms with E-state index in [9.17, 15) is 14.7 Å². The molecule has 2 heterocycles. The van der Waals surface area contributed by atoms with E-state index >= 15 is 0 Å². The van der Waals surface area contributed by atoms with Crippen molar-refractivity contribution in [3.8, 4) is 0 Å². The van der Waals surface area contributed by atoms with Crippen molar-refractivity contribution in [3.63, 3.8) is 0 Å². The molecule has 1 amide bonds. The molecule has 1 aliphatic heterocycles. The predicted molar refractivity (Wildman–Crippen MR) is 124 cm³/mol. The largest absolute Gasteiger partial charge is 0.507 e. The zero-order valence-corrected chi connectivity index (χ0v) is 18.6. The summed E-state index contributed by atoms with van der Waals surface area (Å²) in [5.41, 5.74) is 4.12. The van der Waals surface area contributed by atoms with E-state index < -0.39 is 17.7 Å². The van der Waals surface area contributed by atoms with Gasteiger partial charge in [0.15, 0.2) is 5.13 Å². The molecule has 0 bridgehead atoms. The number of thiazole rings is 1. The lowest BCUT2D eigenvalue weighted by atomic mass is 9.93. The van der Waals surface area contributed by atoms with Crippen molar-refractivity contribution in [2.45, 2.75) is 19.9 Å². The van der Waals surface area contributed by atoms with Crippen LogP contribution in [0.3, 0.4) is 0 Å². The summed E-state index contributed by atoms with van der Waals surface area (Å²) in [5, 5.41) is 13.4. The van der Waals surface area contributed by atoms with Gasteiger partial charge in [0.1, 0.15) is 5.76 Å². The Bertz CT molecular complexity index is 1180. The van der Waals surface area contributed by atoms with Crippen LogP contribution in [0.25, 0.3) is 5.76 Å². The Morgan fingerprint density at radius 3 is 2.42 bits per heavy atom. The Balaban J connectivity index is 1.94. The molecule has 1 fully saturated rings. The first-order valence-corrected chi connectivity index (χ1v) is 10.7. The third-order valence-corrected chi connectivity index (χ3v) is 6.21. The summed E-state index contributed by atoms with van der Waals surface area (Å²) in [6.45, 7) is 3.79. The summed E-state index contributed by atoms with van der Waals surface area (Å²) >= 11 is 1.28. The Hall–Kier alpha value is -3.45. The minimum absolute atomic E-state index is 0.0755. The highest BCUT2D eigenvalue weighted by atomic mass is 32.1. The highest BCUT2D eigenvalue weighted by Crippen LogP contribution is 2.43. The van der Waals surface area contributed by atoms with Crippen molar-refractivity contribution in [1.29, 1.82) is 0 Å². The number of amides is 1. The molecular formula is C24H23N3O3S. The van der Waals surface area contributed by atoms with E-state index in [-0.39, 0.29) is 11.3 Å². The molecule has 2 aromatic carbocycles. The Morgan fingerprint density at radius 1 is 1.10 bits per heavy atom. The maximum atomic E-state index is 13.1. The summed E-state index contributed by atoms with van der Waals surface area (Å²) in [7, 11) is 3.88. The normalized spacial score (nSPS) is 17.9. The fourth-order valence-electron chi connectivity index (χ4n) is 3.77. The number of aliphatic hydroxyl groups excluding tert-OH is 1. The van der Waals surface area contributed by atoms with E-state index in [0.717, 1.165) is 22.4 Å². The van der Waals surface area contributed by atoms with Crippen LogP contribution in [0.15, 0.2) is 59.6 Å². The summed E-state index contributed by atoms with van der Waals surface area (Å²) in [4.78, 5) is 33.8. The van der Waals surface area contributed by atoms with Gasteiger partial charge < -0.3 is 10.0 Å². The van der Waals surface area contributed by atoms with Gasteiger partial charge in [-0.1, -0.05) is 29.8 Å². The van der Waals surface area contributed by atoms with E-state index in [0.29, 0.717) is 10.7 Å². The molecule has 0 radical (unpaired) electrons. The van der Waals surface area contributed by atoms with Gasteiger partial charge in [-0.25, -0.2) is 4.98 Å². The zero-order chi connectivity index (χ0) is 22.3. The second-order valence-corrected chi connectivity index (χ2v) is 8.66. The van der Waals surface area contributed by atoms with Crippen molar-refractivity contribution in [2.24, 2.45) is 0 Å². The number of hydrogen-bond donors (Lipinski definition) is 1. The van der Waals surface area contributed by atoms with Gasteiger partial charge in [-0.2, -0.15) is 0 Å². The number of ketones is 1. The fraction of sp³-hybridized carbons (Fsp3) is 0.208. The van der Waals surface area contributed by atoms with E-state index in [1.807, 2.05) is 75.3 Å². The number of carbonyl (C=O) groups is 2. The number of rotatable bonds is 4. The fourth-order valence-corrected chi connectivity index (χ4v) is 4.44. The number of Topliss-reactive ketones (excluding diaryl/α,β-unsaturated/α-hetero) is 1. The SMILES string of the molecule is Cc1ccc(C)c(C(O)=C2C(=O)C(=O)N(c3nccs3)C2c2ccc(N(C)C)cc2)c1. The number of carbonyl (C=O) groups excluding carboxylic acids is 2. The molecule has 0 saturated carbocycles. The summed E-state index contributed by atoms with van der Waals surface area (Å²) in [6, 6.07) is 12.5. The van der Waals surface area contributed by atoms with Gasteiger partial charge >= 0.3 is 5.91 Å². The smallest absolute Gasteiger partial charge is 0.301 e. The molecule has 1 aromatic heterocycles. The summed E-state index contributed by atoms with van der Waals surface area (Å²) < 4.78 is 0. The van der Waals surface area contributed by atoms with E-state index in [1.54, 1.807) is 11.6 Å². The molecule has 3 aromatic rings. The van der Waals surface area contributed by atoms with Gasteiger partial charge in [0, 0.05) is 36.9 Å². The van der Waals surface area contributed by atoms with Crippen LogP contribution < -0.4 is 9.80 Å². The molecule has 1 N–H and O–H groups in total. The average Bonchev–Trinajstić information content (AvgIpc) is 3.36. The number of anilines is 2. The van der Waals surface area contributed by atoms with Crippen molar-refractivity contribution < 1.29 is 14.7 Å². The lowest BCUT2D eigenvalue weighted by molar-refractivity contribution is -0.132. The van der Waals surface area contributed by atoms with Crippen molar-refractivity contribution in [3.05, 3.63) is 81.9 Å². The maximum Gasteiger partial charge on any atom is 0.301 e. The Morgan fingerprint density at radius 2 is 1.81 bits per heavy atom. The number of aryl methyl sites for hydroxylation is 2. The van der Waals surface area contributed by atoms with Crippen LogP contribution in [0.1, 0.15) is 28.3 Å². The molecule has 1 unspecified atom stereocenters. The first-order valence-electron chi connectivity index (χ1n) is 9.85. The van der Waals surface area contributed by atoms with Crippen LogP contribution in [-0.2, 0) is 9.59 Å². The van der Waals surface area contributed by atoms with Gasteiger partial charge in [0.05, 0.1) is 11.6 Å². The Kier molecular flexibility index (Phi) is 5.37. The third kappa shape index (κ3) is 3.61. The number of benzene rings is 2. The molecule has 1 aliphatic rings.